The van der Waals surface area contributed by atoms with Gasteiger partial charge in [-0.15, -0.1) is 0 Å². The van der Waals surface area contributed by atoms with E-state index < -0.39 is 20.0 Å². The molecule has 0 saturated carbocycles. The van der Waals surface area contributed by atoms with E-state index in [1.54, 1.807) is 0 Å². The fourth-order valence-electron chi connectivity index (χ4n) is 12.3. The molecule has 0 heterocycles. The summed E-state index contributed by atoms with van der Waals surface area (Å²) in [7, 11) is 1.21. The van der Waals surface area contributed by atoms with Crippen LogP contribution in [-0.4, -0.2) is 69.4 Å². The first-order chi connectivity index (χ1) is 44.4. The van der Waals surface area contributed by atoms with Crippen molar-refractivity contribution in [3.8, 4) is 0 Å². The Balaban J connectivity index is 4.92. The molecule has 0 fully saturated rings. The molecule has 0 aliphatic heterocycles. The summed E-state index contributed by atoms with van der Waals surface area (Å²) in [6.07, 6.45) is 90.1. The normalized spacial score (nSPS) is 13.5. The molecule has 91 heavy (non-hydrogen) atoms. The number of rotatable bonds is 75. The highest BCUT2D eigenvalue weighted by atomic mass is 31.2. The number of carbonyl (C=O) groups excluding carboxylic acids is 2. The van der Waals surface area contributed by atoms with Crippen molar-refractivity contribution < 1.29 is 37.3 Å². The third-order valence-electron chi connectivity index (χ3n) is 18.5. The maximum Gasteiger partial charge on any atom is 0.306 e. The van der Waals surface area contributed by atoms with E-state index in [4.69, 9.17) is 13.8 Å². The molecule has 9 nitrogen and oxygen atoms in total. The number of likely N-dealkylation sites (N-methyl/N-ethyl adjacent to an activating group) is 1. The molecule has 0 aliphatic carbocycles. The predicted molar refractivity (Wildman–Crippen MR) is 395 cm³/mol. The summed E-state index contributed by atoms with van der Waals surface area (Å²) in [4.78, 5) is 40.4. The van der Waals surface area contributed by atoms with Gasteiger partial charge in [-0.2, -0.15) is 0 Å². The summed E-state index contributed by atoms with van der Waals surface area (Å²) < 4.78 is 30.6. The van der Waals surface area contributed by atoms with Crippen molar-refractivity contribution in [1.82, 2.24) is 5.32 Å². The SMILES string of the molecule is CCCCCCCC/C=C/CCCCCCCCCCCCCCCCCCCC(=O)OC(/C=C/CCCCCCCCCCCCC)C(COP(=O)([O-])OCC[N+](C)(C)C)NC(=O)CCCCCCCCCCCCCCCCC/C=C/CCCCCCCC. The van der Waals surface area contributed by atoms with Crippen LogP contribution in [0.25, 0.3) is 0 Å². The summed E-state index contributed by atoms with van der Waals surface area (Å²) in [6, 6.07) is -0.886. The Morgan fingerprint density at radius 1 is 0.374 bits per heavy atom. The van der Waals surface area contributed by atoms with Crippen LogP contribution >= 0.6 is 7.82 Å². The zero-order valence-corrected chi connectivity index (χ0v) is 62.7. The van der Waals surface area contributed by atoms with Crippen LogP contribution in [0.3, 0.4) is 0 Å². The average Bonchev–Trinajstić information content (AvgIpc) is 3.73. The van der Waals surface area contributed by atoms with Crippen LogP contribution in [0.2, 0.25) is 0 Å². The number of hydrogen-bond donors (Lipinski definition) is 1. The number of nitrogens with zero attached hydrogens (tertiary/aromatic N) is 1. The number of amides is 1. The highest BCUT2D eigenvalue weighted by molar-refractivity contribution is 7.45. The number of carbonyl (C=O) groups is 2. The first-order valence-electron chi connectivity index (χ1n) is 40.3. The second-order valence-corrected chi connectivity index (χ2v) is 30.3. The summed E-state index contributed by atoms with van der Waals surface area (Å²) in [5.41, 5.74) is 0. The number of phosphoric ester groups is 1. The molecular formula is C81H157N2O7P. The fraction of sp³-hybridized carbons (Fsp3) is 0.901. The van der Waals surface area contributed by atoms with Crippen molar-refractivity contribution in [3.05, 3.63) is 36.5 Å². The number of esters is 1. The Kier molecular flexibility index (Phi) is 69.6. The zero-order valence-electron chi connectivity index (χ0n) is 61.8. The molecule has 0 aromatic heterocycles. The van der Waals surface area contributed by atoms with Crippen LogP contribution in [0, 0.1) is 0 Å². The van der Waals surface area contributed by atoms with E-state index in [0.717, 1.165) is 57.8 Å². The first kappa shape index (κ1) is 89.2. The molecule has 3 atom stereocenters. The third kappa shape index (κ3) is 72.3. The van der Waals surface area contributed by atoms with Crippen LogP contribution < -0.4 is 10.2 Å². The first-order valence-corrected chi connectivity index (χ1v) is 41.8. The number of nitrogens with one attached hydrogen (secondary N) is 1. The van der Waals surface area contributed by atoms with Gasteiger partial charge in [0.05, 0.1) is 33.8 Å². The smallest absolute Gasteiger partial charge is 0.306 e. The van der Waals surface area contributed by atoms with Crippen molar-refractivity contribution >= 4 is 19.7 Å². The van der Waals surface area contributed by atoms with Crippen molar-refractivity contribution in [2.45, 2.75) is 431 Å². The van der Waals surface area contributed by atoms with Gasteiger partial charge in [0.15, 0.2) is 0 Å². The molecule has 3 unspecified atom stereocenters. The van der Waals surface area contributed by atoms with Crippen molar-refractivity contribution in [2.75, 3.05) is 40.9 Å². The largest absolute Gasteiger partial charge is 0.756 e. The number of ether oxygens (including phenoxy) is 1. The van der Waals surface area contributed by atoms with Gasteiger partial charge in [0.25, 0.3) is 7.82 Å². The highest BCUT2D eigenvalue weighted by Gasteiger charge is 2.27. The number of allylic oxidation sites excluding steroid dienone is 5. The molecule has 0 radical (unpaired) electrons. The van der Waals surface area contributed by atoms with Crippen LogP contribution in [0.15, 0.2) is 36.5 Å². The number of phosphoric acid groups is 1. The molecular weight excluding hydrogens is 1140 g/mol. The lowest BCUT2D eigenvalue weighted by Gasteiger charge is -2.30. The maximum atomic E-state index is 13.7. The Morgan fingerprint density at radius 3 is 0.934 bits per heavy atom. The summed E-state index contributed by atoms with van der Waals surface area (Å²) in [6.45, 7) is 6.92. The van der Waals surface area contributed by atoms with Crippen LogP contribution in [0.1, 0.15) is 419 Å². The average molecular weight is 1300 g/mol. The molecule has 10 heteroatoms. The van der Waals surface area contributed by atoms with Crippen molar-refractivity contribution in [1.29, 1.82) is 0 Å². The number of unbranched alkanes of at least 4 members (excludes halogenated alkanes) is 55. The van der Waals surface area contributed by atoms with Crippen LogP contribution in [0.5, 0.6) is 0 Å². The molecule has 538 valence electrons. The topological polar surface area (TPSA) is 114 Å². The monoisotopic (exact) mass is 1300 g/mol. The number of hydrogen-bond acceptors (Lipinski definition) is 7. The lowest BCUT2D eigenvalue weighted by Crippen LogP contribution is -2.47. The Labute approximate surface area is 567 Å². The van der Waals surface area contributed by atoms with E-state index in [0.29, 0.717) is 17.4 Å². The van der Waals surface area contributed by atoms with Gasteiger partial charge in [-0.25, -0.2) is 0 Å². The van der Waals surface area contributed by atoms with E-state index in [-0.39, 0.29) is 31.5 Å². The zero-order chi connectivity index (χ0) is 66.3. The quantitative estimate of drug-likeness (QED) is 0.0212. The third-order valence-corrected chi connectivity index (χ3v) is 19.5. The Morgan fingerprint density at radius 2 is 0.637 bits per heavy atom. The Hall–Kier alpha value is -1.77. The fourth-order valence-corrected chi connectivity index (χ4v) is 13.1. The van der Waals surface area contributed by atoms with Gasteiger partial charge in [-0.3, -0.25) is 14.2 Å². The lowest BCUT2D eigenvalue weighted by atomic mass is 10.0. The van der Waals surface area contributed by atoms with E-state index in [1.807, 2.05) is 33.3 Å². The van der Waals surface area contributed by atoms with Gasteiger partial charge in [-0.1, -0.05) is 359 Å². The van der Waals surface area contributed by atoms with Gasteiger partial charge in [-0.05, 0) is 83.1 Å². The van der Waals surface area contributed by atoms with Gasteiger partial charge in [0.1, 0.15) is 19.3 Å². The second kappa shape index (κ2) is 71.0. The summed E-state index contributed by atoms with van der Waals surface area (Å²) in [5, 5.41) is 3.06. The van der Waals surface area contributed by atoms with E-state index in [9.17, 15) is 19.0 Å². The molecule has 0 bridgehead atoms. The molecule has 0 aromatic rings. The van der Waals surface area contributed by atoms with Gasteiger partial charge in [0, 0.05) is 12.8 Å². The molecule has 0 rings (SSSR count). The standard InChI is InChI=1S/C81H157N2O7P/c1-7-10-13-16-19-22-25-28-30-32-34-36-38-40-41-43-45-47-49-51-53-56-59-62-65-68-71-74-81(85)90-79(72-69-66-63-60-57-54-27-24-21-18-15-12-9-3)78(77-89-91(86,87)88-76-75-83(4,5)6)82-80(84)73-70-67-64-61-58-55-52-50-48-46-44-42-39-37-35-33-31-29-26-23-20-17-14-11-8-2/h28-31,69,72,78-79H,7-27,32-68,70-71,73-77H2,1-6H3,(H-,82,84,86,87)/b30-28+,31-29+,72-69+. The van der Waals surface area contributed by atoms with Crippen LogP contribution in [-0.2, 0) is 27.9 Å². The van der Waals surface area contributed by atoms with E-state index >= 15 is 0 Å². The van der Waals surface area contributed by atoms with E-state index in [2.05, 4.69) is 50.4 Å². The van der Waals surface area contributed by atoms with Gasteiger partial charge < -0.3 is 28.5 Å². The minimum atomic E-state index is -4.71. The molecule has 1 amide bonds. The van der Waals surface area contributed by atoms with Crippen molar-refractivity contribution in [3.63, 3.8) is 0 Å². The van der Waals surface area contributed by atoms with Crippen molar-refractivity contribution in [2.24, 2.45) is 0 Å². The number of quaternary nitrogens is 1. The summed E-state index contributed by atoms with van der Waals surface area (Å²) in [5.74, 6) is -0.515. The minimum absolute atomic E-state index is 0.0186. The highest BCUT2D eigenvalue weighted by Crippen LogP contribution is 2.38. The summed E-state index contributed by atoms with van der Waals surface area (Å²) >= 11 is 0. The van der Waals surface area contributed by atoms with Gasteiger partial charge in [0.2, 0.25) is 5.91 Å². The van der Waals surface area contributed by atoms with E-state index in [1.165, 1.54) is 327 Å². The predicted octanol–water partition coefficient (Wildman–Crippen LogP) is 25.5. The molecule has 0 aromatic carbocycles. The lowest BCUT2D eigenvalue weighted by molar-refractivity contribution is -0.870. The second-order valence-electron chi connectivity index (χ2n) is 28.9. The molecule has 0 aliphatic rings. The van der Waals surface area contributed by atoms with Gasteiger partial charge >= 0.3 is 5.97 Å². The maximum absolute atomic E-state index is 13.7. The molecule has 0 spiro atoms. The molecule has 0 saturated heterocycles. The Bertz CT molecular complexity index is 1650. The van der Waals surface area contributed by atoms with Crippen LogP contribution in [0.4, 0.5) is 0 Å². The minimum Gasteiger partial charge on any atom is -0.756 e. The molecule has 1 N–H and O–H groups in total.